The van der Waals surface area contributed by atoms with Crippen LogP contribution in [0.5, 0.6) is 5.75 Å². The Labute approximate surface area is 167 Å². The van der Waals surface area contributed by atoms with E-state index in [0.29, 0.717) is 19.5 Å². The smallest absolute Gasteiger partial charge is 0.321 e. The van der Waals surface area contributed by atoms with Crippen molar-refractivity contribution in [3.63, 3.8) is 0 Å². The first-order valence-corrected chi connectivity index (χ1v) is 8.94. The zero-order chi connectivity index (χ0) is 21.8. The number of halogens is 2. The number of nitrogens with one attached hydrogen (secondary N) is 4. The van der Waals surface area contributed by atoms with Gasteiger partial charge in [0.1, 0.15) is 17.4 Å². The van der Waals surface area contributed by atoms with Crippen molar-refractivity contribution in [2.45, 2.75) is 25.4 Å². The number of aliphatic imine (C=N–C) groups is 1. The molecule has 0 saturated carbocycles. The van der Waals surface area contributed by atoms with Gasteiger partial charge < -0.3 is 32.5 Å². The van der Waals surface area contributed by atoms with Crippen molar-refractivity contribution < 1.29 is 23.5 Å². The van der Waals surface area contributed by atoms with Crippen LogP contribution in [-0.4, -0.2) is 55.7 Å². The highest BCUT2D eigenvalue weighted by Gasteiger charge is 2.16. The third kappa shape index (κ3) is 9.17. The fourth-order valence-corrected chi connectivity index (χ4v) is 2.21. The van der Waals surface area contributed by atoms with Gasteiger partial charge in [0.2, 0.25) is 5.91 Å². The van der Waals surface area contributed by atoms with Crippen LogP contribution in [-0.2, 0) is 11.3 Å². The Morgan fingerprint density at radius 2 is 1.86 bits per heavy atom. The molecule has 0 aliphatic heterocycles. The first kappa shape index (κ1) is 24.0. The number of urea groups is 1. The van der Waals surface area contributed by atoms with Crippen molar-refractivity contribution in [3.05, 3.63) is 29.3 Å². The molecule has 0 saturated heterocycles. The number of amides is 3. The van der Waals surface area contributed by atoms with Crippen LogP contribution in [0, 0.1) is 11.6 Å². The van der Waals surface area contributed by atoms with E-state index in [9.17, 15) is 18.4 Å². The van der Waals surface area contributed by atoms with Gasteiger partial charge in [-0.1, -0.05) is 0 Å². The van der Waals surface area contributed by atoms with Crippen molar-refractivity contribution in [2.75, 3.05) is 26.7 Å². The minimum atomic E-state index is -0.969. The topological polar surface area (TPSA) is 167 Å². The summed E-state index contributed by atoms with van der Waals surface area (Å²) in [5.41, 5.74) is 10.9. The average Bonchev–Trinajstić information content (AvgIpc) is 2.64. The van der Waals surface area contributed by atoms with Gasteiger partial charge in [0.05, 0.1) is 6.04 Å². The van der Waals surface area contributed by atoms with Gasteiger partial charge in [-0.05, 0) is 19.9 Å². The van der Waals surface area contributed by atoms with E-state index in [4.69, 9.17) is 16.6 Å². The number of benzene rings is 1. The summed E-state index contributed by atoms with van der Waals surface area (Å²) in [4.78, 5) is 27.4. The Kier molecular flexibility index (Phi) is 10.3. The van der Waals surface area contributed by atoms with Crippen LogP contribution in [0.4, 0.5) is 13.6 Å². The zero-order valence-corrected chi connectivity index (χ0v) is 16.1. The molecule has 12 heteroatoms. The fourth-order valence-electron chi connectivity index (χ4n) is 2.21. The van der Waals surface area contributed by atoms with Gasteiger partial charge in [0, 0.05) is 43.9 Å². The Morgan fingerprint density at radius 3 is 2.48 bits per heavy atom. The lowest BCUT2D eigenvalue weighted by Gasteiger charge is -2.13. The lowest BCUT2D eigenvalue weighted by Crippen LogP contribution is -2.45. The maximum absolute atomic E-state index is 13.6. The summed E-state index contributed by atoms with van der Waals surface area (Å²) < 4.78 is 27.2. The number of aromatic hydroxyl groups is 1. The van der Waals surface area contributed by atoms with Gasteiger partial charge in [0.15, 0.2) is 5.96 Å². The molecule has 0 aliphatic carbocycles. The number of guanidine groups is 1. The maximum atomic E-state index is 13.6. The number of phenols is 1. The molecule has 1 aromatic rings. The number of carbonyl (C=O) groups excluding carboxylic acids is 2. The second kappa shape index (κ2) is 12.5. The van der Waals surface area contributed by atoms with E-state index in [-0.39, 0.29) is 24.5 Å². The molecule has 0 fully saturated rings. The number of phenolic OH excluding ortho intramolecular Hbond substituents is 1. The summed E-state index contributed by atoms with van der Waals surface area (Å²) >= 11 is 0. The summed E-state index contributed by atoms with van der Waals surface area (Å²) in [5, 5.41) is 19.2. The van der Waals surface area contributed by atoms with Crippen molar-refractivity contribution in [1.29, 1.82) is 0 Å². The van der Waals surface area contributed by atoms with Crippen molar-refractivity contribution in [2.24, 2.45) is 16.5 Å². The number of rotatable bonds is 10. The van der Waals surface area contributed by atoms with E-state index < -0.39 is 41.9 Å². The Morgan fingerprint density at radius 1 is 1.21 bits per heavy atom. The van der Waals surface area contributed by atoms with Crippen LogP contribution in [0.3, 0.4) is 0 Å². The van der Waals surface area contributed by atoms with Crippen molar-refractivity contribution in [3.8, 4) is 5.75 Å². The molecule has 0 aromatic heterocycles. The third-order valence-corrected chi connectivity index (χ3v) is 3.76. The van der Waals surface area contributed by atoms with Gasteiger partial charge >= 0.3 is 6.03 Å². The molecule has 162 valence electrons. The molecule has 10 nitrogen and oxygen atoms in total. The van der Waals surface area contributed by atoms with E-state index in [1.54, 1.807) is 7.05 Å². The van der Waals surface area contributed by atoms with Gasteiger partial charge in [-0.15, -0.1) is 0 Å². The molecule has 9 N–H and O–H groups in total. The molecule has 3 amide bonds. The van der Waals surface area contributed by atoms with Gasteiger partial charge in [-0.3, -0.25) is 15.1 Å². The molecule has 0 aliphatic rings. The lowest BCUT2D eigenvalue weighted by atomic mass is 10.1. The quantitative estimate of drug-likeness (QED) is 0.150. The summed E-state index contributed by atoms with van der Waals surface area (Å²) in [5.74, 6) is -3.14. The average molecular weight is 415 g/mol. The number of likely N-dealkylation sites (N-methyl/N-ethyl adjacent to an activating group) is 1. The largest absolute Gasteiger partial charge is 0.508 e. The minimum absolute atomic E-state index is 0.0664. The maximum Gasteiger partial charge on any atom is 0.321 e. The molecule has 29 heavy (non-hydrogen) atoms. The molecule has 1 rings (SSSR count). The molecule has 1 atom stereocenters. The first-order chi connectivity index (χ1) is 13.7. The van der Waals surface area contributed by atoms with E-state index in [1.807, 2.05) is 0 Å². The predicted octanol–water partition coefficient (Wildman–Crippen LogP) is -0.773. The Bertz CT molecular complexity index is 708. The van der Waals surface area contributed by atoms with Crippen LogP contribution in [0.15, 0.2) is 17.1 Å². The van der Waals surface area contributed by atoms with E-state index in [1.165, 1.54) is 0 Å². The Balaban J connectivity index is 2.33. The van der Waals surface area contributed by atoms with Gasteiger partial charge in [-0.2, -0.15) is 0 Å². The van der Waals surface area contributed by atoms with Crippen LogP contribution in [0.2, 0.25) is 0 Å². The van der Waals surface area contributed by atoms with Crippen LogP contribution >= 0.6 is 0 Å². The summed E-state index contributed by atoms with van der Waals surface area (Å²) in [7, 11) is 1.75. The molecule has 0 heterocycles. The SMILES string of the molecule is CNCCNC(=O)NC(N)=NCCCC(N)C(=O)NCc1c(F)cc(O)cc1F. The lowest BCUT2D eigenvalue weighted by molar-refractivity contribution is -0.122. The number of nitrogens with zero attached hydrogens (tertiary/aromatic N) is 1. The third-order valence-electron chi connectivity index (χ3n) is 3.76. The van der Waals surface area contributed by atoms with Gasteiger partial charge in [-0.25, -0.2) is 13.6 Å². The number of hydrogen-bond donors (Lipinski definition) is 7. The highest BCUT2D eigenvalue weighted by Crippen LogP contribution is 2.19. The van der Waals surface area contributed by atoms with Crippen LogP contribution in [0.25, 0.3) is 0 Å². The van der Waals surface area contributed by atoms with Crippen LogP contribution < -0.4 is 32.7 Å². The molecule has 0 bridgehead atoms. The van der Waals surface area contributed by atoms with Crippen molar-refractivity contribution in [1.82, 2.24) is 21.3 Å². The van der Waals surface area contributed by atoms with Crippen molar-refractivity contribution >= 4 is 17.9 Å². The highest BCUT2D eigenvalue weighted by atomic mass is 19.1. The molecule has 0 radical (unpaired) electrons. The normalized spacial score (nSPS) is 12.3. The Hall–Kier alpha value is -2.99. The fraction of sp³-hybridized carbons (Fsp3) is 0.471. The predicted molar refractivity (Wildman–Crippen MR) is 104 cm³/mol. The minimum Gasteiger partial charge on any atom is -0.508 e. The van der Waals surface area contributed by atoms with E-state index in [0.717, 1.165) is 12.1 Å². The summed E-state index contributed by atoms with van der Waals surface area (Å²) in [6.07, 6.45) is 0.651. The molecular formula is C17H27F2N7O3. The zero-order valence-electron chi connectivity index (χ0n) is 16.1. The second-order valence-corrected chi connectivity index (χ2v) is 6.11. The van der Waals surface area contributed by atoms with Crippen LogP contribution in [0.1, 0.15) is 18.4 Å². The molecule has 1 aromatic carbocycles. The standard InChI is InChI=1S/C17H27F2N7O3/c1-22-5-6-24-17(29)26-16(21)23-4-2-3-14(20)15(28)25-9-11-12(18)7-10(27)8-13(11)19/h7-8,14,22,27H,2-6,9,20H2,1H3,(H,25,28)(H4,21,23,24,26,29). The monoisotopic (exact) mass is 415 g/mol. The second-order valence-electron chi connectivity index (χ2n) is 6.11. The van der Waals surface area contributed by atoms with Gasteiger partial charge in [0.25, 0.3) is 0 Å². The number of nitrogens with two attached hydrogens (primary N) is 2. The molecule has 1 unspecified atom stereocenters. The first-order valence-electron chi connectivity index (χ1n) is 8.94. The van der Waals surface area contributed by atoms with E-state index >= 15 is 0 Å². The summed E-state index contributed by atoms with van der Waals surface area (Å²) in [6.45, 7) is 0.862. The molecular weight excluding hydrogens is 388 g/mol. The summed E-state index contributed by atoms with van der Waals surface area (Å²) in [6, 6.07) is 0.114. The number of carbonyl (C=O) groups is 2. The van der Waals surface area contributed by atoms with E-state index in [2.05, 4.69) is 26.3 Å². The number of hydrogen-bond acceptors (Lipinski definition) is 6. The molecule has 0 spiro atoms. The highest BCUT2D eigenvalue weighted by molar-refractivity contribution is 5.95.